The minimum absolute atomic E-state index is 0.116. The topological polar surface area (TPSA) is 113 Å². The van der Waals surface area contributed by atoms with Crippen LogP contribution in [-0.4, -0.2) is 35.0 Å². The van der Waals surface area contributed by atoms with Crippen molar-refractivity contribution in [3.63, 3.8) is 0 Å². The van der Waals surface area contributed by atoms with Crippen molar-refractivity contribution < 1.29 is 19.4 Å². The number of thioether (sulfide) groups is 1. The lowest BCUT2D eigenvalue weighted by molar-refractivity contribution is -0.301. The second-order valence-corrected chi connectivity index (χ2v) is 6.78. The molecule has 0 bridgehead atoms. The molecule has 0 atom stereocenters. The SMILES string of the molecule is COc1ccc(/C(C)=N\NC(=O)Cn2ccccc2=O)cc1CSCC(=O)[O-]. The van der Waals surface area contributed by atoms with Gasteiger partial charge in [-0.25, -0.2) is 5.43 Å². The van der Waals surface area contributed by atoms with Crippen LogP contribution in [0.15, 0.2) is 52.5 Å². The molecule has 1 heterocycles. The van der Waals surface area contributed by atoms with E-state index in [1.54, 1.807) is 31.2 Å². The van der Waals surface area contributed by atoms with Crippen molar-refractivity contribution in [3.8, 4) is 5.75 Å². The second-order valence-electron chi connectivity index (χ2n) is 5.79. The van der Waals surface area contributed by atoms with Crippen LogP contribution < -0.4 is 20.8 Å². The summed E-state index contributed by atoms with van der Waals surface area (Å²) < 4.78 is 6.57. The average molecular weight is 402 g/mol. The molecular formula is C19H20N3O5S-. The Hall–Kier alpha value is -3.07. The van der Waals surface area contributed by atoms with Crippen molar-refractivity contribution >= 4 is 29.4 Å². The number of methoxy groups -OCH3 is 1. The molecule has 0 aliphatic heterocycles. The number of carbonyl (C=O) groups excluding carboxylic acids is 2. The van der Waals surface area contributed by atoms with E-state index in [-0.39, 0.29) is 17.9 Å². The van der Waals surface area contributed by atoms with E-state index in [1.807, 2.05) is 6.07 Å². The van der Waals surface area contributed by atoms with E-state index in [9.17, 15) is 19.5 Å². The van der Waals surface area contributed by atoms with Gasteiger partial charge < -0.3 is 19.2 Å². The number of carbonyl (C=O) groups is 2. The number of carboxylic acid groups (broad SMARTS) is 1. The van der Waals surface area contributed by atoms with E-state index in [1.165, 1.54) is 35.7 Å². The van der Waals surface area contributed by atoms with E-state index in [0.717, 1.165) is 11.1 Å². The third kappa shape index (κ3) is 6.27. The molecule has 28 heavy (non-hydrogen) atoms. The maximum absolute atomic E-state index is 12.0. The number of amides is 1. The largest absolute Gasteiger partial charge is 0.549 e. The predicted molar refractivity (Wildman–Crippen MR) is 105 cm³/mol. The van der Waals surface area contributed by atoms with E-state index >= 15 is 0 Å². The molecule has 1 amide bonds. The van der Waals surface area contributed by atoms with Crippen LogP contribution in [0.1, 0.15) is 18.1 Å². The molecule has 0 aliphatic carbocycles. The standard InChI is InChI=1S/C19H21N3O5S/c1-13(20-21-17(23)10-22-8-4-3-5-18(22)24)14-6-7-16(27-2)15(9-14)11-28-12-19(25)26/h3-9H,10-12H2,1-2H3,(H,21,23)(H,25,26)/p-1/b20-13-. The van der Waals surface area contributed by atoms with E-state index in [4.69, 9.17) is 4.74 Å². The molecule has 0 spiro atoms. The second kappa shape index (κ2) is 10.3. The molecule has 148 valence electrons. The van der Waals surface area contributed by atoms with E-state index in [2.05, 4.69) is 10.5 Å². The summed E-state index contributed by atoms with van der Waals surface area (Å²) in [7, 11) is 1.54. The Morgan fingerprint density at radius 3 is 2.75 bits per heavy atom. The first-order valence-electron chi connectivity index (χ1n) is 8.34. The van der Waals surface area contributed by atoms with Gasteiger partial charge in [-0.2, -0.15) is 16.9 Å². The van der Waals surface area contributed by atoms with Crippen molar-refractivity contribution in [1.29, 1.82) is 0 Å². The fourth-order valence-corrected chi connectivity index (χ4v) is 3.07. The summed E-state index contributed by atoms with van der Waals surface area (Å²) in [6, 6.07) is 10.0. The van der Waals surface area contributed by atoms with E-state index in [0.29, 0.717) is 17.2 Å². The molecule has 8 nitrogen and oxygen atoms in total. The Labute approximate surface area is 166 Å². The van der Waals surface area contributed by atoms with Gasteiger partial charge in [0.25, 0.3) is 11.5 Å². The third-order valence-corrected chi connectivity index (χ3v) is 4.69. The Morgan fingerprint density at radius 1 is 1.29 bits per heavy atom. The summed E-state index contributed by atoms with van der Waals surface area (Å²) in [4.78, 5) is 34.2. The summed E-state index contributed by atoms with van der Waals surface area (Å²) >= 11 is 1.20. The van der Waals surface area contributed by atoms with Crippen molar-refractivity contribution in [2.45, 2.75) is 19.2 Å². The van der Waals surface area contributed by atoms with Crippen LogP contribution in [0.5, 0.6) is 5.75 Å². The Morgan fingerprint density at radius 2 is 2.07 bits per heavy atom. The fraction of sp³-hybridized carbons (Fsp3) is 0.263. The first kappa shape index (κ1) is 21.2. The zero-order valence-electron chi connectivity index (χ0n) is 15.5. The number of nitrogens with zero attached hydrogens (tertiary/aromatic N) is 2. The fourth-order valence-electron chi connectivity index (χ4n) is 2.35. The number of ether oxygens (including phenoxy) is 1. The number of nitrogens with one attached hydrogen (secondary N) is 1. The Balaban J connectivity index is 2.06. The highest BCUT2D eigenvalue weighted by Crippen LogP contribution is 2.24. The van der Waals surface area contributed by atoms with Crippen molar-refractivity contribution in [3.05, 3.63) is 64.1 Å². The lowest BCUT2D eigenvalue weighted by Gasteiger charge is -2.11. The lowest BCUT2D eigenvalue weighted by Crippen LogP contribution is -2.29. The molecule has 0 saturated heterocycles. The number of pyridine rings is 1. The van der Waals surface area contributed by atoms with Crippen LogP contribution in [0.4, 0.5) is 0 Å². The quantitative estimate of drug-likeness (QED) is 0.479. The minimum Gasteiger partial charge on any atom is -0.549 e. The molecule has 2 aromatic rings. The molecule has 0 aliphatic rings. The Bertz CT molecular complexity index is 939. The molecule has 1 aromatic carbocycles. The van der Waals surface area contributed by atoms with Gasteiger partial charge in [0.2, 0.25) is 0 Å². The highest BCUT2D eigenvalue weighted by molar-refractivity contribution is 7.99. The molecule has 9 heteroatoms. The van der Waals surface area contributed by atoms with Gasteiger partial charge in [-0.15, -0.1) is 0 Å². The first-order chi connectivity index (χ1) is 13.4. The monoisotopic (exact) mass is 402 g/mol. The molecule has 0 unspecified atom stereocenters. The number of benzene rings is 1. The number of rotatable bonds is 9. The smallest absolute Gasteiger partial charge is 0.260 e. The molecule has 1 aromatic heterocycles. The normalized spacial score (nSPS) is 11.1. The maximum Gasteiger partial charge on any atom is 0.260 e. The van der Waals surface area contributed by atoms with Crippen molar-refractivity contribution in [1.82, 2.24) is 9.99 Å². The summed E-state index contributed by atoms with van der Waals surface area (Å²) in [5.41, 5.74) is 4.28. The zero-order chi connectivity index (χ0) is 20.5. The van der Waals surface area contributed by atoms with Gasteiger partial charge >= 0.3 is 0 Å². The maximum atomic E-state index is 12.0. The van der Waals surface area contributed by atoms with Crippen LogP contribution in [0.3, 0.4) is 0 Å². The number of carboxylic acids is 1. The summed E-state index contributed by atoms with van der Waals surface area (Å²) in [6.45, 7) is 1.60. The van der Waals surface area contributed by atoms with Gasteiger partial charge in [-0.3, -0.25) is 9.59 Å². The van der Waals surface area contributed by atoms with Crippen molar-refractivity contribution in [2.24, 2.45) is 5.10 Å². The molecule has 1 N–H and O–H groups in total. The minimum atomic E-state index is -1.13. The van der Waals surface area contributed by atoms with Gasteiger partial charge in [-0.05, 0) is 36.8 Å². The summed E-state index contributed by atoms with van der Waals surface area (Å²) in [5.74, 6) is -0.601. The van der Waals surface area contributed by atoms with Gasteiger partial charge in [0, 0.05) is 29.3 Å². The number of hydrazone groups is 1. The number of aliphatic carboxylic acids is 1. The highest BCUT2D eigenvalue weighted by atomic mass is 32.2. The lowest BCUT2D eigenvalue weighted by atomic mass is 10.1. The van der Waals surface area contributed by atoms with Crippen LogP contribution in [0.2, 0.25) is 0 Å². The first-order valence-corrected chi connectivity index (χ1v) is 9.49. The van der Waals surface area contributed by atoms with E-state index < -0.39 is 11.9 Å². The summed E-state index contributed by atoms with van der Waals surface area (Å²) in [5, 5.41) is 14.7. The molecule has 2 rings (SSSR count). The van der Waals surface area contributed by atoms with Crippen LogP contribution in [0.25, 0.3) is 0 Å². The van der Waals surface area contributed by atoms with Crippen LogP contribution >= 0.6 is 11.8 Å². The highest BCUT2D eigenvalue weighted by Gasteiger charge is 2.08. The molecule has 0 saturated carbocycles. The summed E-state index contributed by atoms with van der Waals surface area (Å²) in [6.07, 6.45) is 1.53. The number of hydrogen-bond donors (Lipinski definition) is 1. The van der Waals surface area contributed by atoms with Crippen LogP contribution in [-0.2, 0) is 21.9 Å². The van der Waals surface area contributed by atoms with Gasteiger partial charge in [0.05, 0.1) is 18.8 Å². The third-order valence-electron chi connectivity index (χ3n) is 3.74. The average Bonchev–Trinajstić information content (AvgIpc) is 2.67. The van der Waals surface area contributed by atoms with Gasteiger partial charge in [-0.1, -0.05) is 6.07 Å². The molecular weight excluding hydrogens is 382 g/mol. The van der Waals surface area contributed by atoms with Gasteiger partial charge in [0.1, 0.15) is 12.3 Å². The number of aromatic nitrogens is 1. The molecule has 0 radical (unpaired) electrons. The predicted octanol–water partition coefficient (Wildman–Crippen LogP) is 0.380. The van der Waals surface area contributed by atoms with Crippen molar-refractivity contribution in [2.75, 3.05) is 12.9 Å². The van der Waals surface area contributed by atoms with Gasteiger partial charge in [0.15, 0.2) is 0 Å². The number of hydrogen-bond acceptors (Lipinski definition) is 7. The van der Waals surface area contributed by atoms with Crippen LogP contribution in [0, 0.1) is 0 Å². The Kier molecular flexibility index (Phi) is 7.82. The molecule has 0 fully saturated rings. The zero-order valence-corrected chi connectivity index (χ0v) is 16.3.